The van der Waals surface area contributed by atoms with Crippen molar-refractivity contribution >= 4 is 11.8 Å². The van der Waals surface area contributed by atoms with E-state index in [0.29, 0.717) is 19.6 Å². The largest absolute Gasteiger partial charge is 0.387 e. The lowest BCUT2D eigenvalue weighted by Crippen LogP contribution is -2.54. The Morgan fingerprint density at radius 3 is 2.73 bits per heavy atom. The van der Waals surface area contributed by atoms with E-state index >= 15 is 0 Å². The standard InChI is InChI=1S/C19H25N3O4/c23-11-18(25)21-9-13-7-14(10-21)16(8-20-19(26)12-3-1-4-12)22-15(13)5-2-6-17(22)24/h2,5-6,12-14,16,23H,1,3-4,7-11H2,(H,20,26)/t13-,14+,16+/m1/s1. The zero-order valence-electron chi connectivity index (χ0n) is 14.8. The molecule has 2 N–H and O–H groups in total. The monoisotopic (exact) mass is 359 g/mol. The van der Waals surface area contributed by atoms with E-state index < -0.39 is 6.61 Å². The number of nitrogens with zero attached hydrogens (tertiary/aromatic N) is 2. The Labute approximate surface area is 152 Å². The van der Waals surface area contributed by atoms with Crippen molar-refractivity contribution in [2.24, 2.45) is 11.8 Å². The van der Waals surface area contributed by atoms with Crippen molar-refractivity contribution in [2.45, 2.75) is 37.6 Å². The minimum atomic E-state index is -0.496. The van der Waals surface area contributed by atoms with Crippen LogP contribution in [0.2, 0.25) is 0 Å². The van der Waals surface area contributed by atoms with Crippen LogP contribution in [0.15, 0.2) is 23.0 Å². The molecule has 26 heavy (non-hydrogen) atoms. The first-order valence-electron chi connectivity index (χ1n) is 9.46. The Bertz CT molecular complexity index is 770. The van der Waals surface area contributed by atoms with Gasteiger partial charge in [0.1, 0.15) is 6.61 Å². The lowest BCUT2D eigenvalue weighted by Gasteiger charge is -2.47. The number of piperidine rings is 1. The Morgan fingerprint density at radius 1 is 1.23 bits per heavy atom. The average molecular weight is 359 g/mol. The summed E-state index contributed by atoms with van der Waals surface area (Å²) in [5, 5.41) is 12.3. The molecule has 0 aromatic carbocycles. The summed E-state index contributed by atoms with van der Waals surface area (Å²) in [6.07, 6.45) is 3.88. The summed E-state index contributed by atoms with van der Waals surface area (Å²) in [4.78, 5) is 38.5. The van der Waals surface area contributed by atoms with E-state index in [4.69, 9.17) is 0 Å². The highest BCUT2D eigenvalue weighted by Gasteiger charge is 2.41. The number of carbonyl (C=O) groups is 2. The molecule has 1 aliphatic carbocycles. The maximum absolute atomic E-state index is 12.6. The van der Waals surface area contributed by atoms with Gasteiger partial charge in [-0.2, -0.15) is 0 Å². The van der Waals surface area contributed by atoms with Crippen LogP contribution in [0.1, 0.15) is 43.3 Å². The summed E-state index contributed by atoms with van der Waals surface area (Å²) in [5.41, 5.74) is 0.870. The summed E-state index contributed by atoms with van der Waals surface area (Å²) in [7, 11) is 0. The molecule has 1 aromatic rings. The van der Waals surface area contributed by atoms with Crippen LogP contribution in [-0.4, -0.2) is 52.6 Å². The van der Waals surface area contributed by atoms with Crippen LogP contribution in [0.5, 0.6) is 0 Å². The second-order valence-electron chi connectivity index (χ2n) is 7.75. The van der Waals surface area contributed by atoms with Crippen LogP contribution in [0.4, 0.5) is 0 Å². The smallest absolute Gasteiger partial charge is 0.251 e. The van der Waals surface area contributed by atoms with E-state index in [0.717, 1.165) is 31.4 Å². The summed E-state index contributed by atoms with van der Waals surface area (Å²) < 4.78 is 1.82. The Morgan fingerprint density at radius 2 is 2.04 bits per heavy atom. The first kappa shape index (κ1) is 17.3. The SMILES string of the molecule is O=C(NC[C@H]1[C@H]2C[C@H](CN(C(=O)CO)C2)c2cccc(=O)n21)C1CCC1. The molecule has 3 aliphatic rings. The van der Waals surface area contributed by atoms with Crippen molar-refractivity contribution in [3.05, 3.63) is 34.2 Å². The second-order valence-corrected chi connectivity index (χ2v) is 7.75. The number of aromatic nitrogens is 1. The fraction of sp³-hybridized carbons (Fsp3) is 0.632. The number of carbonyl (C=O) groups excluding carboxylic acids is 2. The number of nitrogens with one attached hydrogen (secondary N) is 1. The molecule has 1 saturated carbocycles. The molecule has 7 nitrogen and oxygen atoms in total. The van der Waals surface area contributed by atoms with Crippen molar-refractivity contribution < 1.29 is 14.7 Å². The summed E-state index contributed by atoms with van der Waals surface area (Å²) in [6.45, 7) is 0.954. The third-order valence-corrected chi connectivity index (χ3v) is 6.25. The van der Waals surface area contributed by atoms with E-state index in [1.165, 1.54) is 0 Å². The number of likely N-dealkylation sites (tertiary alicyclic amines) is 1. The van der Waals surface area contributed by atoms with E-state index in [1.54, 1.807) is 17.0 Å². The number of fused-ring (bicyclic) bond motifs is 4. The Balaban J connectivity index is 1.61. The zero-order chi connectivity index (χ0) is 18.3. The highest BCUT2D eigenvalue weighted by Crippen LogP contribution is 2.40. The van der Waals surface area contributed by atoms with Gasteiger partial charge in [-0.1, -0.05) is 12.5 Å². The molecule has 7 heteroatoms. The van der Waals surface area contributed by atoms with Crippen LogP contribution in [0, 0.1) is 11.8 Å². The van der Waals surface area contributed by atoms with Gasteiger partial charge in [0.2, 0.25) is 11.8 Å². The Kier molecular flexibility index (Phi) is 4.56. The molecule has 2 bridgehead atoms. The van der Waals surface area contributed by atoms with Crippen LogP contribution >= 0.6 is 0 Å². The van der Waals surface area contributed by atoms with Crippen LogP contribution in [0.3, 0.4) is 0 Å². The summed E-state index contributed by atoms with van der Waals surface area (Å²) in [6, 6.07) is 5.09. The highest BCUT2D eigenvalue weighted by atomic mass is 16.3. The molecule has 1 saturated heterocycles. The van der Waals surface area contributed by atoms with Crippen molar-refractivity contribution in [1.29, 1.82) is 0 Å². The molecule has 1 aromatic heterocycles. The van der Waals surface area contributed by atoms with E-state index in [-0.39, 0.29) is 41.2 Å². The van der Waals surface area contributed by atoms with Gasteiger partial charge in [0.05, 0.1) is 6.04 Å². The molecule has 2 amide bonds. The minimum absolute atomic E-state index is 0.0537. The fourth-order valence-corrected chi connectivity index (χ4v) is 4.63. The van der Waals surface area contributed by atoms with Gasteiger partial charge in [0, 0.05) is 43.2 Å². The molecular formula is C19H25N3O4. The second kappa shape index (κ2) is 6.87. The molecule has 3 atom stereocenters. The molecule has 2 fully saturated rings. The van der Waals surface area contributed by atoms with Crippen molar-refractivity contribution in [3.63, 3.8) is 0 Å². The number of pyridine rings is 1. The fourth-order valence-electron chi connectivity index (χ4n) is 4.63. The summed E-state index contributed by atoms with van der Waals surface area (Å²) in [5.74, 6) is 0.0964. The van der Waals surface area contributed by atoms with Crippen LogP contribution in [0.25, 0.3) is 0 Å². The molecule has 0 spiro atoms. The summed E-state index contributed by atoms with van der Waals surface area (Å²) >= 11 is 0. The van der Waals surface area contributed by atoms with Crippen molar-refractivity contribution in [2.75, 3.05) is 26.2 Å². The molecule has 0 unspecified atom stereocenters. The first-order valence-corrected chi connectivity index (χ1v) is 9.46. The van der Waals surface area contributed by atoms with Gasteiger partial charge in [0.15, 0.2) is 0 Å². The lowest BCUT2D eigenvalue weighted by molar-refractivity contribution is -0.137. The number of amides is 2. The van der Waals surface area contributed by atoms with Gasteiger partial charge in [-0.15, -0.1) is 0 Å². The van der Waals surface area contributed by atoms with Crippen molar-refractivity contribution in [3.8, 4) is 0 Å². The van der Waals surface area contributed by atoms with Crippen LogP contribution in [-0.2, 0) is 9.59 Å². The lowest BCUT2D eigenvalue weighted by atomic mass is 9.78. The first-order chi connectivity index (χ1) is 12.6. The zero-order valence-corrected chi connectivity index (χ0v) is 14.8. The van der Waals surface area contributed by atoms with Gasteiger partial charge in [-0.3, -0.25) is 14.4 Å². The maximum Gasteiger partial charge on any atom is 0.251 e. The van der Waals surface area contributed by atoms with Crippen LogP contribution < -0.4 is 10.9 Å². The van der Waals surface area contributed by atoms with E-state index in [9.17, 15) is 19.5 Å². The normalized spacial score (nSPS) is 27.4. The minimum Gasteiger partial charge on any atom is -0.387 e. The topological polar surface area (TPSA) is 91.6 Å². The average Bonchev–Trinajstić information content (AvgIpc) is 2.59. The number of rotatable bonds is 4. The molecule has 3 heterocycles. The maximum atomic E-state index is 12.6. The number of aliphatic hydroxyl groups excluding tert-OH is 1. The van der Waals surface area contributed by atoms with Gasteiger partial charge >= 0.3 is 0 Å². The number of hydrogen-bond acceptors (Lipinski definition) is 4. The molecule has 2 aliphatic heterocycles. The third kappa shape index (κ3) is 2.94. The quantitative estimate of drug-likeness (QED) is 0.806. The molecule has 140 valence electrons. The number of aliphatic hydroxyl groups is 1. The molecule has 4 rings (SSSR count). The molecular weight excluding hydrogens is 334 g/mol. The van der Waals surface area contributed by atoms with Gasteiger partial charge in [0.25, 0.3) is 5.56 Å². The Hall–Kier alpha value is -2.15. The molecule has 0 radical (unpaired) electrons. The van der Waals surface area contributed by atoms with Crippen molar-refractivity contribution in [1.82, 2.24) is 14.8 Å². The predicted octanol–water partition coefficient (Wildman–Crippen LogP) is 0.244. The van der Waals surface area contributed by atoms with E-state index in [2.05, 4.69) is 5.32 Å². The van der Waals surface area contributed by atoms with Gasteiger partial charge < -0.3 is 19.9 Å². The number of hydrogen-bond donors (Lipinski definition) is 2. The van der Waals surface area contributed by atoms with Gasteiger partial charge in [-0.25, -0.2) is 0 Å². The third-order valence-electron chi connectivity index (χ3n) is 6.25. The highest BCUT2D eigenvalue weighted by molar-refractivity contribution is 5.79. The van der Waals surface area contributed by atoms with E-state index in [1.807, 2.05) is 10.6 Å². The predicted molar refractivity (Wildman–Crippen MR) is 94.6 cm³/mol. The van der Waals surface area contributed by atoms with Gasteiger partial charge in [-0.05, 0) is 31.2 Å².